The molecule has 1 saturated heterocycles. The number of aromatic nitrogens is 2. The Morgan fingerprint density at radius 2 is 1.72 bits per heavy atom. The number of allylic oxidation sites excluding steroid dienone is 3. The number of H-pyrrole nitrogens is 1. The topological polar surface area (TPSA) is 85.9 Å². The van der Waals surface area contributed by atoms with Crippen molar-refractivity contribution in [3.8, 4) is 22.9 Å². The average Bonchev–Trinajstić information content (AvgIpc) is 3.52. The van der Waals surface area contributed by atoms with Gasteiger partial charge in [0.05, 0.1) is 29.9 Å². The molecule has 3 aromatic carbocycles. The summed E-state index contributed by atoms with van der Waals surface area (Å²) in [7, 11) is -3.30. The number of aromatic amines is 1. The summed E-state index contributed by atoms with van der Waals surface area (Å²) in [5.41, 5.74) is 4.78. The van der Waals surface area contributed by atoms with Crippen LogP contribution in [0.2, 0.25) is 0 Å². The van der Waals surface area contributed by atoms with E-state index in [0.717, 1.165) is 66.2 Å². The molecule has 2 heterocycles. The lowest BCUT2D eigenvalue weighted by Crippen LogP contribution is -2.37. The van der Waals surface area contributed by atoms with Gasteiger partial charge in [-0.3, -0.25) is 9.46 Å². The van der Waals surface area contributed by atoms with E-state index >= 15 is 0 Å². The number of benzene rings is 3. The third kappa shape index (κ3) is 9.33. The van der Waals surface area contributed by atoms with Crippen LogP contribution in [0.3, 0.4) is 0 Å². The number of nitrogens with zero attached hydrogens (tertiary/aromatic N) is 2. The minimum Gasteiger partial charge on any atom is -0.486 e. The standard InChI is InChI=1S/C38H46N3O5P/c1-5-8-14-31(25-29(4)47(42,44-6-2)45-7-3)28-43-36-17-12-13-18-37(36)46-33-21-23-41(24-22-33)27-30-19-20-34-35(26-30)40-38(39-34)32-15-10-9-11-16-32/h5,8-20,25-26,29,33H,1,6-7,21-24,27-28H2,2-4H3,(H,39,40)/b14-8-,31-25+. The van der Waals surface area contributed by atoms with E-state index in [1.54, 1.807) is 6.08 Å². The summed E-state index contributed by atoms with van der Waals surface area (Å²) < 4.78 is 37.2. The van der Waals surface area contributed by atoms with Crippen LogP contribution in [0.25, 0.3) is 22.4 Å². The lowest BCUT2D eigenvalue weighted by atomic mass is 10.1. The fourth-order valence-corrected chi connectivity index (χ4v) is 7.35. The number of rotatable bonds is 16. The monoisotopic (exact) mass is 655 g/mol. The van der Waals surface area contributed by atoms with Gasteiger partial charge in [-0.25, -0.2) is 4.98 Å². The van der Waals surface area contributed by atoms with E-state index in [4.69, 9.17) is 23.5 Å². The van der Waals surface area contributed by atoms with Crippen molar-refractivity contribution in [3.05, 3.63) is 115 Å². The Bertz CT molecular complexity index is 1700. The number of ether oxygens (including phenoxy) is 2. The number of hydrogen-bond donors (Lipinski definition) is 1. The van der Waals surface area contributed by atoms with Gasteiger partial charge >= 0.3 is 7.60 Å². The fourth-order valence-electron chi connectivity index (χ4n) is 5.72. The number of para-hydroxylation sites is 2. The lowest BCUT2D eigenvalue weighted by Gasteiger charge is -2.32. The predicted octanol–water partition coefficient (Wildman–Crippen LogP) is 8.98. The second-order valence-corrected chi connectivity index (χ2v) is 14.0. The summed E-state index contributed by atoms with van der Waals surface area (Å²) >= 11 is 0. The fraction of sp³-hybridized carbons (Fsp3) is 0.342. The van der Waals surface area contributed by atoms with Gasteiger partial charge in [0.15, 0.2) is 11.5 Å². The SMILES string of the molecule is C=C/C=C\C(=C/C(C)P(=O)(OCC)OCC)COc1ccccc1OC1CCN(Cc2ccc3nc(-c4ccccc4)[nH]c3c2)CC1. The first kappa shape index (κ1) is 34.4. The maximum Gasteiger partial charge on any atom is 0.337 e. The van der Waals surface area contributed by atoms with Crippen LogP contribution in [0.5, 0.6) is 11.5 Å². The molecule has 1 aliphatic rings. The van der Waals surface area contributed by atoms with Crippen LogP contribution in [0.15, 0.2) is 109 Å². The normalized spacial score (nSPS) is 15.7. The van der Waals surface area contributed by atoms with Gasteiger partial charge in [0, 0.05) is 25.2 Å². The molecule has 0 radical (unpaired) electrons. The van der Waals surface area contributed by atoms with Crippen LogP contribution in [-0.4, -0.2) is 59.5 Å². The molecular formula is C38H46N3O5P. The van der Waals surface area contributed by atoms with Gasteiger partial charge in [-0.15, -0.1) is 0 Å². The molecule has 0 saturated carbocycles. The third-order valence-corrected chi connectivity index (χ3v) is 10.5. The molecule has 248 valence electrons. The lowest BCUT2D eigenvalue weighted by molar-refractivity contribution is 0.0938. The first-order valence-electron chi connectivity index (χ1n) is 16.4. The van der Waals surface area contributed by atoms with Crippen LogP contribution in [0.4, 0.5) is 0 Å². The van der Waals surface area contributed by atoms with Crippen LogP contribution in [0, 0.1) is 0 Å². The number of hydrogen-bond acceptors (Lipinski definition) is 7. The van der Waals surface area contributed by atoms with E-state index in [2.05, 4.69) is 46.8 Å². The van der Waals surface area contributed by atoms with Gasteiger partial charge in [0.1, 0.15) is 18.5 Å². The van der Waals surface area contributed by atoms with Crippen molar-refractivity contribution in [2.45, 2.75) is 51.9 Å². The largest absolute Gasteiger partial charge is 0.486 e. The number of imidazole rings is 1. The second kappa shape index (κ2) is 16.8. The first-order valence-corrected chi connectivity index (χ1v) is 18.1. The Hall–Kier alpha value is -3.94. The van der Waals surface area contributed by atoms with Crippen molar-refractivity contribution < 1.29 is 23.1 Å². The molecule has 0 aliphatic carbocycles. The van der Waals surface area contributed by atoms with Gasteiger partial charge in [-0.05, 0) is 69.0 Å². The zero-order valence-electron chi connectivity index (χ0n) is 27.6. The van der Waals surface area contributed by atoms with Crippen LogP contribution in [-0.2, 0) is 20.2 Å². The number of fused-ring (bicyclic) bond motifs is 1. The van der Waals surface area contributed by atoms with E-state index in [0.29, 0.717) is 19.0 Å². The van der Waals surface area contributed by atoms with Crippen LogP contribution in [0.1, 0.15) is 39.2 Å². The van der Waals surface area contributed by atoms with Gasteiger partial charge in [-0.1, -0.05) is 79.4 Å². The zero-order chi connectivity index (χ0) is 33.1. The molecule has 1 atom stereocenters. The summed E-state index contributed by atoms with van der Waals surface area (Å²) in [6.07, 6.45) is 9.26. The summed E-state index contributed by atoms with van der Waals surface area (Å²) in [6, 6.07) is 24.5. The van der Waals surface area contributed by atoms with E-state index in [-0.39, 0.29) is 12.7 Å². The van der Waals surface area contributed by atoms with Crippen molar-refractivity contribution in [1.82, 2.24) is 14.9 Å². The molecule has 4 aromatic rings. The Labute approximate surface area is 278 Å². The van der Waals surface area contributed by atoms with Crippen molar-refractivity contribution in [1.29, 1.82) is 0 Å². The summed E-state index contributed by atoms with van der Waals surface area (Å²) in [5, 5.41) is 0. The first-order chi connectivity index (χ1) is 22.9. The Morgan fingerprint density at radius 3 is 2.43 bits per heavy atom. The smallest absolute Gasteiger partial charge is 0.337 e. The molecule has 5 rings (SSSR count). The molecule has 1 fully saturated rings. The van der Waals surface area contributed by atoms with Crippen molar-refractivity contribution >= 4 is 18.6 Å². The molecule has 0 bridgehead atoms. The molecule has 1 unspecified atom stereocenters. The van der Waals surface area contributed by atoms with Gasteiger partial charge < -0.3 is 23.5 Å². The quantitative estimate of drug-likeness (QED) is 0.0953. The molecule has 9 heteroatoms. The van der Waals surface area contributed by atoms with Crippen LogP contribution >= 0.6 is 7.60 Å². The summed E-state index contributed by atoms with van der Waals surface area (Å²) in [4.78, 5) is 10.7. The third-order valence-electron chi connectivity index (χ3n) is 8.09. The van der Waals surface area contributed by atoms with Crippen molar-refractivity contribution in [2.24, 2.45) is 0 Å². The molecule has 47 heavy (non-hydrogen) atoms. The molecule has 0 spiro atoms. The Morgan fingerprint density at radius 1 is 1.02 bits per heavy atom. The highest BCUT2D eigenvalue weighted by Gasteiger charge is 2.30. The molecule has 1 aromatic heterocycles. The van der Waals surface area contributed by atoms with Gasteiger partial charge in [-0.2, -0.15) is 0 Å². The number of nitrogens with one attached hydrogen (secondary N) is 1. The summed E-state index contributed by atoms with van der Waals surface area (Å²) in [6.45, 7) is 12.9. The average molecular weight is 656 g/mol. The second-order valence-electron chi connectivity index (χ2n) is 11.6. The van der Waals surface area contributed by atoms with E-state index in [1.807, 2.05) is 81.5 Å². The molecule has 8 nitrogen and oxygen atoms in total. The predicted molar refractivity (Wildman–Crippen MR) is 190 cm³/mol. The van der Waals surface area contributed by atoms with Crippen LogP contribution < -0.4 is 9.47 Å². The molecule has 1 aliphatic heterocycles. The Balaban J connectivity index is 1.17. The highest BCUT2D eigenvalue weighted by molar-refractivity contribution is 7.54. The maximum absolute atomic E-state index is 13.3. The van der Waals surface area contributed by atoms with Crippen molar-refractivity contribution in [2.75, 3.05) is 32.9 Å². The van der Waals surface area contributed by atoms with E-state index in [9.17, 15) is 4.57 Å². The molecule has 0 amide bonds. The minimum absolute atomic E-state index is 0.0958. The molecule has 1 N–H and O–H groups in total. The van der Waals surface area contributed by atoms with Gasteiger partial charge in [0.2, 0.25) is 0 Å². The Kier molecular flexibility index (Phi) is 12.3. The molecular weight excluding hydrogens is 609 g/mol. The zero-order valence-corrected chi connectivity index (χ0v) is 28.5. The highest BCUT2D eigenvalue weighted by atomic mass is 31.2. The number of likely N-dealkylation sites (tertiary alicyclic amines) is 1. The highest BCUT2D eigenvalue weighted by Crippen LogP contribution is 2.53. The van der Waals surface area contributed by atoms with Crippen molar-refractivity contribution in [3.63, 3.8) is 0 Å². The summed E-state index contributed by atoms with van der Waals surface area (Å²) in [5.74, 6) is 2.28. The van der Waals surface area contributed by atoms with Gasteiger partial charge in [0.25, 0.3) is 0 Å². The maximum atomic E-state index is 13.3. The number of piperidine rings is 1. The van der Waals surface area contributed by atoms with E-state index in [1.165, 1.54) is 5.56 Å². The minimum atomic E-state index is -3.30. The van der Waals surface area contributed by atoms with E-state index < -0.39 is 13.3 Å².